The van der Waals surface area contributed by atoms with Crippen LogP contribution in [-0.2, 0) is 0 Å². The van der Waals surface area contributed by atoms with Gasteiger partial charge in [-0.1, -0.05) is 121 Å². The van der Waals surface area contributed by atoms with E-state index in [0.717, 1.165) is 33.4 Å². The molecule has 0 aliphatic heterocycles. The van der Waals surface area contributed by atoms with Crippen molar-refractivity contribution in [1.29, 1.82) is 0 Å². The third-order valence-electron chi connectivity index (χ3n) is 5.63. The van der Waals surface area contributed by atoms with Gasteiger partial charge in [-0.3, -0.25) is 0 Å². The molecule has 0 aromatic heterocycles. The van der Waals surface area contributed by atoms with Crippen LogP contribution in [0.2, 0.25) is 0 Å². The maximum atomic E-state index is 17.0. The first-order valence-electron chi connectivity index (χ1n) is 10.3. The molecule has 0 unspecified atom stereocenters. The van der Waals surface area contributed by atoms with Gasteiger partial charge in [0.25, 0.3) is 0 Å². The van der Waals surface area contributed by atoms with Crippen molar-refractivity contribution in [3.05, 3.63) is 144 Å². The lowest BCUT2D eigenvalue weighted by Gasteiger charge is -2.22. The molecule has 1 aliphatic rings. The van der Waals surface area contributed by atoms with Gasteiger partial charge < -0.3 is 0 Å². The highest BCUT2D eigenvalue weighted by Gasteiger charge is 2.47. The Bertz CT molecular complexity index is 1150. The smallest absolute Gasteiger partial charge is 0.217 e. The molecule has 31 heavy (non-hydrogen) atoms. The summed E-state index contributed by atoms with van der Waals surface area (Å²) in [6, 6.07) is 39.8. The normalized spacial score (nSPS) is 15.4. The average Bonchev–Trinajstić information content (AvgIpc) is 3.08. The molecule has 0 saturated carbocycles. The summed E-state index contributed by atoms with van der Waals surface area (Å²) >= 11 is 3.54. The molecule has 0 heterocycles. The van der Waals surface area contributed by atoms with Crippen LogP contribution >= 0.6 is 15.9 Å². The Hall–Kier alpha value is -3.23. The van der Waals surface area contributed by atoms with Gasteiger partial charge >= 0.3 is 0 Å². The number of allylic oxidation sites excluding steroid dienone is 4. The third-order valence-corrected chi connectivity index (χ3v) is 6.42. The van der Waals surface area contributed by atoms with E-state index in [4.69, 9.17) is 0 Å². The van der Waals surface area contributed by atoms with Crippen molar-refractivity contribution in [3.8, 4) is 0 Å². The summed E-state index contributed by atoms with van der Waals surface area (Å²) in [4.78, 5) is 0. The van der Waals surface area contributed by atoms with Gasteiger partial charge in [0.1, 0.15) is 0 Å². The fourth-order valence-corrected chi connectivity index (χ4v) is 5.19. The van der Waals surface area contributed by atoms with E-state index in [1.807, 2.05) is 97.1 Å². The maximum Gasteiger partial charge on any atom is 0.217 e. The SMILES string of the molecule is FC1(Br)C(c2ccccc2)=C(c2ccccc2)C(c2ccccc2)=C1c1ccccc1. The monoisotopic (exact) mass is 466 g/mol. The molecule has 150 valence electrons. The standard InChI is InChI=1S/C29H20BrF/c30-29(31)27(23-17-9-3-10-18-23)25(21-13-5-1-6-14-21)26(22-15-7-2-8-16-22)28(29)24-19-11-4-12-20-24/h1-20H. The minimum absolute atomic E-state index is 0.636. The van der Waals surface area contributed by atoms with Crippen LogP contribution in [0.4, 0.5) is 4.39 Å². The van der Waals surface area contributed by atoms with E-state index < -0.39 is 4.58 Å². The van der Waals surface area contributed by atoms with Crippen LogP contribution in [-0.4, -0.2) is 4.58 Å². The molecule has 4 aromatic carbocycles. The van der Waals surface area contributed by atoms with E-state index >= 15 is 4.39 Å². The molecule has 0 fully saturated rings. The summed E-state index contributed by atoms with van der Waals surface area (Å²) in [5, 5.41) is 0. The molecular weight excluding hydrogens is 447 g/mol. The number of alkyl halides is 2. The fourth-order valence-electron chi connectivity index (χ4n) is 4.34. The predicted molar refractivity (Wildman–Crippen MR) is 132 cm³/mol. The van der Waals surface area contributed by atoms with Crippen LogP contribution in [0.25, 0.3) is 22.3 Å². The zero-order valence-electron chi connectivity index (χ0n) is 16.8. The third kappa shape index (κ3) is 3.47. The average molecular weight is 467 g/mol. The summed E-state index contributed by atoms with van der Waals surface area (Å²) < 4.78 is 15.1. The molecule has 2 heteroatoms. The first-order chi connectivity index (χ1) is 15.2. The zero-order valence-corrected chi connectivity index (χ0v) is 18.4. The van der Waals surface area contributed by atoms with E-state index in [1.165, 1.54) is 0 Å². The predicted octanol–water partition coefficient (Wildman–Crippen LogP) is 8.28. The van der Waals surface area contributed by atoms with Crippen molar-refractivity contribution >= 4 is 38.2 Å². The van der Waals surface area contributed by atoms with Gasteiger partial charge in [-0.05, 0) is 49.3 Å². The molecule has 0 N–H and O–H groups in total. The van der Waals surface area contributed by atoms with E-state index in [-0.39, 0.29) is 0 Å². The number of rotatable bonds is 4. The topological polar surface area (TPSA) is 0 Å². The molecule has 1 aliphatic carbocycles. The largest absolute Gasteiger partial charge is 0.221 e. The summed E-state index contributed by atoms with van der Waals surface area (Å²) in [7, 11) is 0. The van der Waals surface area contributed by atoms with Crippen LogP contribution in [0.15, 0.2) is 121 Å². The number of halogens is 2. The van der Waals surface area contributed by atoms with Crippen LogP contribution in [0.1, 0.15) is 22.3 Å². The summed E-state index contributed by atoms with van der Waals surface area (Å²) in [6.45, 7) is 0. The van der Waals surface area contributed by atoms with E-state index in [2.05, 4.69) is 40.2 Å². The summed E-state index contributed by atoms with van der Waals surface area (Å²) in [5.74, 6) is 0. The fraction of sp³-hybridized carbons (Fsp3) is 0.0345. The lowest BCUT2D eigenvalue weighted by Crippen LogP contribution is -2.16. The lowest BCUT2D eigenvalue weighted by molar-refractivity contribution is 0.464. The summed E-state index contributed by atoms with van der Waals surface area (Å²) in [5.41, 5.74) is 6.81. The quantitative estimate of drug-likeness (QED) is 0.265. The Kier molecular flexibility index (Phi) is 5.17. The maximum absolute atomic E-state index is 17.0. The van der Waals surface area contributed by atoms with Crippen molar-refractivity contribution in [1.82, 2.24) is 0 Å². The molecule has 0 spiro atoms. The second-order valence-corrected chi connectivity index (χ2v) is 8.63. The van der Waals surface area contributed by atoms with Crippen LogP contribution in [0.3, 0.4) is 0 Å². The van der Waals surface area contributed by atoms with Crippen LogP contribution in [0.5, 0.6) is 0 Å². The Morgan fingerprint density at radius 2 is 0.677 bits per heavy atom. The Labute approximate surface area is 190 Å². The molecule has 0 saturated heterocycles. The Balaban J connectivity index is 1.92. The van der Waals surface area contributed by atoms with E-state index in [0.29, 0.717) is 11.1 Å². The van der Waals surface area contributed by atoms with Gasteiger partial charge in [-0.15, -0.1) is 0 Å². The molecule has 0 nitrogen and oxygen atoms in total. The number of hydrogen-bond donors (Lipinski definition) is 0. The molecule has 0 amide bonds. The van der Waals surface area contributed by atoms with Gasteiger partial charge in [0.2, 0.25) is 4.58 Å². The second-order valence-electron chi connectivity index (χ2n) is 7.54. The van der Waals surface area contributed by atoms with Crippen molar-refractivity contribution in [3.63, 3.8) is 0 Å². The second kappa shape index (κ2) is 8.13. The van der Waals surface area contributed by atoms with Gasteiger partial charge in [-0.2, -0.15) is 0 Å². The highest BCUT2D eigenvalue weighted by atomic mass is 79.9. The highest BCUT2D eigenvalue weighted by Crippen LogP contribution is 2.61. The first kappa shape index (κ1) is 19.7. The summed E-state index contributed by atoms with van der Waals surface area (Å²) in [6.07, 6.45) is 0. The van der Waals surface area contributed by atoms with Crippen LogP contribution < -0.4 is 0 Å². The van der Waals surface area contributed by atoms with Gasteiger partial charge in [-0.25, -0.2) is 4.39 Å². The first-order valence-corrected chi connectivity index (χ1v) is 11.1. The Morgan fingerprint density at radius 1 is 0.419 bits per heavy atom. The molecule has 0 atom stereocenters. The Morgan fingerprint density at radius 3 is 0.968 bits per heavy atom. The van der Waals surface area contributed by atoms with Crippen molar-refractivity contribution in [2.24, 2.45) is 0 Å². The van der Waals surface area contributed by atoms with Gasteiger partial charge in [0, 0.05) is 11.1 Å². The minimum Gasteiger partial charge on any atom is -0.221 e. The zero-order chi connectivity index (χ0) is 21.3. The number of benzene rings is 4. The van der Waals surface area contributed by atoms with Gasteiger partial charge in [0.15, 0.2) is 0 Å². The number of hydrogen-bond acceptors (Lipinski definition) is 0. The molecule has 5 rings (SSSR count). The van der Waals surface area contributed by atoms with E-state index in [9.17, 15) is 0 Å². The van der Waals surface area contributed by atoms with Crippen molar-refractivity contribution in [2.45, 2.75) is 4.58 Å². The molecule has 0 radical (unpaired) electrons. The van der Waals surface area contributed by atoms with Gasteiger partial charge in [0.05, 0.1) is 0 Å². The van der Waals surface area contributed by atoms with Crippen molar-refractivity contribution in [2.75, 3.05) is 0 Å². The molecule has 0 bridgehead atoms. The minimum atomic E-state index is -1.84. The van der Waals surface area contributed by atoms with Crippen molar-refractivity contribution < 1.29 is 4.39 Å². The highest BCUT2D eigenvalue weighted by molar-refractivity contribution is 9.10. The molecule has 4 aromatic rings. The van der Waals surface area contributed by atoms with Crippen LogP contribution in [0, 0.1) is 0 Å². The van der Waals surface area contributed by atoms with E-state index in [1.54, 1.807) is 0 Å². The molecular formula is C29H20BrF. The lowest BCUT2D eigenvalue weighted by atomic mass is 9.89.